The number of anilines is 1. The predicted molar refractivity (Wildman–Crippen MR) is 83.9 cm³/mol. The number of aliphatic hydroxyl groups is 1. The van der Waals surface area contributed by atoms with Crippen molar-refractivity contribution in [2.75, 3.05) is 11.7 Å². The van der Waals surface area contributed by atoms with Crippen molar-refractivity contribution in [2.24, 2.45) is 0 Å². The number of benzene rings is 2. The molecule has 0 saturated carbocycles. The molecule has 1 fully saturated rings. The number of hydrogen-bond donors (Lipinski definition) is 1. The van der Waals surface area contributed by atoms with Gasteiger partial charge in [0.15, 0.2) is 0 Å². The summed E-state index contributed by atoms with van der Waals surface area (Å²) in [7, 11) is 0. The van der Waals surface area contributed by atoms with Crippen molar-refractivity contribution < 1.29 is 9.94 Å². The van der Waals surface area contributed by atoms with Crippen LogP contribution in [-0.4, -0.2) is 17.3 Å². The van der Waals surface area contributed by atoms with Crippen molar-refractivity contribution >= 4 is 5.69 Å². The van der Waals surface area contributed by atoms with Crippen LogP contribution in [0.2, 0.25) is 0 Å². The van der Waals surface area contributed by atoms with E-state index in [1.807, 2.05) is 53.6 Å². The molecule has 0 radical (unpaired) electrons. The van der Waals surface area contributed by atoms with Gasteiger partial charge in [0, 0.05) is 6.42 Å². The van der Waals surface area contributed by atoms with Crippen LogP contribution in [0.4, 0.5) is 5.69 Å². The maximum absolute atomic E-state index is 9.79. The summed E-state index contributed by atoms with van der Waals surface area (Å²) in [5.41, 5.74) is 1.75. The van der Waals surface area contributed by atoms with Gasteiger partial charge in [0.2, 0.25) is 0 Å². The van der Waals surface area contributed by atoms with Crippen molar-refractivity contribution in [3.63, 3.8) is 0 Å². The smallest absolute Gasteiger partial charge is 0.121 e. The Labute approximate surface area is 125 Å². The molecular formula is C18H21NO2. The van der Waals surface area contributed by atoms with Gasteiger partial charge in [-0.3, -0.25) is 4.84 Å². The summed E-state index contributed by atoms with van der Waals surface area (Å²) >= 11 is 0. The Morgan fingerprint density at radius 3 is 2.29 bits per heavy atom. The predicted octanol–water partition coefficient (Wildman–Crippen LogP) is 3.71. The van der Waals surface area contributed by atoms with E-state index in [0.717, 1.165) is 18.5 Å². The van der Waals surface area contributed by atoms with E-state index < -0.39 is 5.60 Å². The van der Waals surface area contributed by atoms with E-state index in [2.05, 4.69) is 19.1 Å². The van der Waals surface area contributed by atoms with Gasteiger partial charge in [-0.05, 0) is 24.1 Å². The first-order valence-corrected chi connectivity index (χ1v) is 7.47. The third-order valence-corrected chi connectivity index (χ3v) is 4.27. The Bertz CT molecular complexity index is 517. The first-order valence-electron chi connectivity index (χ1n) is 7.47. The lowest BCUT2D eigenvalue weighted by Gasteiger charge is -2.27. The van der Waals surface area contributed by atoms with Gasteiger partial charge in [-0.1, -0.05) is 55.5 Å². The number of hydroxylamine groups is 1. The van der Waals surface area contributed by atoms with Crippen LogP contribution in [0.1, 0.15) is 31.4 Å². The zero-order chi connectivity index (χ0) is 14.7. The third-order valence-electron chi connectivity index (χ3n) is 4.27. The summed E-state index contributed by atoms with van der Waals surface area (Å²) in [5.74, 6) is 0. The highest BCUT2D eigenvalue weighted by atomic mass is 16.7. The van der Waals surface area contributed by atoms with Crippen molar-refractivity contribution in [1.82, 2.24) is 0 Å². The highest BCUT2D eigenvalue weighted by molar-refractivity contribution is 5.47. The summed E-state index contributed by atoms with van der Waals surface area (Å²) in [6.45, 7) is 2.10. The largest absolute Gasteiger partial charge is 0.393 e. The molecule has 1 heterocycles. The van der Waals surface area contributed by atoms with Crippen LogP contribution in [0.3, 0.4) is 0 Å². The van der Waals surface area contributed by atoms with Crippen molar-refractivity contribution in [2.45, 2.75) is 31.4 Å². The van der Waals surface area contributed by atoms with Gasteiger partial charge in [-0.15, -0.1) is 0 Å². The molecule has 0 unspecified atom stereocenters. The molecular weight excluding hydrogens is 262 g/mol. The Morgan fingerprint density at radius 1 is 1.10 bits per heavy atom. The van der Waals surface area contributed by atoms with Gasteiger partial charge in [-0.2, -0.15) is 0 Å². The van der Waals surface area contributed by atoms with Gasteiger partial charge >= 0.3 is 0 Å². The molecule has 21 heavy (non-hydrogen) atoms. The first kappa shape index (κ1) is 14.1. The molecule has 0 aromatic heterocycles. The minimum absolute atomic E-state index is 0.0379. The van der Waals surface area contributed by atoms with E-state index >= 15 is 0 Å². The number of rotatable bonds is 4. The quantitative estimate of drug-likeness (QED) is 0.928. The zero-order valence-electron chi connectivity index (χ0n) is 12.3. The second-order valence-corrected chi connectivity index (χ2v) is 5.58. The third kappa shape index (κ3) is 2.67. The van der Waals surface area contributed by atoms with E-state index in [0.29, 0.717) is 0 Å². The molecule has 2 aromatic carbocycles. The fourth-order valence-corrected chi connectivity index (χ4v) is 2.89. The summed E-state index contributed by atoms with van der Waals surface area (Å²) < 4.78 is 0. The van der Waals surface area contributed by atoms with E-state index in [1.54, 1.807) is 0 Å². The minimum Gasteiger partial charge on any atom is -0.393 e. The summed E-state index contributed by atoms with van der Waals surface area (Å²) in [5, 5.41) is 11.7. The zero-order valence-corrected chi connectivity index (χ0v) is 12.3. The Hall–Kier alpha value is -1.84. The topological polar surface area (TPSA) is 32.7 Å². The van der Waals surface area contributed by atoms with Crippen LogP contribution in [0.5, 0.6) is 0 Å². The Balaban J connectivity index is 1.98. The van der Waals surface area contributed by atoms with Gasteiger partial charge < -0.3 is 5.11 Å². The highest BCUT2D eigenvalue weighted by Gasteiger charge is 2.45. The monoisotopic (exact) mass is 283 g/mol. The molecule has 0 amide bonds. The molecule has 1 N–H and O–H groups in total. The van der Waals surface area contributed by atoms with Gasteiger partial charge in [0.25, 0.3) is 0 Å². The maximum Gasteiger partial charge on any atom is 0.121 e. The molecule has 3 nitrogen and oxygen atoms in total. The summed E-state index contributed by atoms with van der Waals surface area (Å²) in [4.78, 5) is 6.18. The standard InChI is InChI=1S/C18H21NO2/c1-2-18(14-20)13-17(15-9-5-3-6-10-15)19(21-18)16-11-7-4-8-12-16/h3-12,17,20H,2,13-14H2,1H3/t17-,18-/m1/s1. The number of aliphatic hydroxyl groups excluding tert-OH is 1. The molecule has 1 aliphatic rings. The van der Waals surface area contributed by atoms with Gasteiger partial charge in [0.1, 0.15) is 5.60 Å². The SMILES string of the molecule is CC[C@]1(CO)C[C@H](c2ccccc2)N(c2ccccc2)O1. The van der Waals surface area contributed by atoms with Gasteiger partial charge in [0.05, 0.1) is 18.3 Å². The van der Waals surface area contributed by atoms with Crippen LogP contribution < -0.4 is 5.06 Å². The van der Waals surface area contributed by atoms with Crippen LogP contribution in [0.25, 0.3) is 0 Å². The lowest BCUT2D eigenvalue weighted by Crippen LogP contribution is -2.34. The Kier molecular flexibility index (Phi) is 3.95. The van der Waals surface area contributed by atoms with E-state index in [9.17, 15) is 5.11 Å². The van der Waals surface area contributed by atoms with Crippen LogP contribution >= 0.6 is 0 Å². The first-order chi connectivity index (χ1) is 10.3. The van der Waals surface area contributed by atoms with Gasteiger partial charge in [-0.25, -0.2) is 5.06 Å². The van der Waals surface area contributed by atoms with E-state index in [-0.39, 0.29) is 12.6 Å². The minimum atomic E-state index is -0.490. The lowest BCUT2D eigenvalue weighted by atomic mass is 9.91. The average molecular weight is 283 g/mol. The van der Waals surface area contributed by atoms with Crippen LogP contribution in [0.15, 0.2) is 60.7 Å². The maximum atomic E-state index is 9.79. The van der Waals surface area contributed by atoms with Crippen LogP contribution in [0, 0.1) is 0 Å². The molecule has 2 atom stereocenters. The van der Waals surface area contributed by atoms with E-state index in [1.165, 1.54) is 5.56 Å². The number of para-hydroxylation sites is 1. The van der Waals surface area contributed by atoms with Crippen molar-refractivity contribution in [3.05, 3.63) is 66.2 Å². The van der Waals surface area contributed by atoms with Crippen molar-refractivity contribution in [3.8, 4) is 0 Å². The highest BCUT2D eigenvalue weighted by Crippen LogP contribution is 2.44. The average Bonchev–Trinajstić information content (AvgIpc) is 2.97. The second-order valence-electron chi connectivity index (χ2n) is 5.58. The lowest BCUT2D eigenvalue weighted by molar-refractivity contribution is -0.0536. The summed E-state index contributed by atoms with van der Waals surface area (Å²) in [6.07, 6.45) is 1.58. The molecule has 0 spiro atoms. The molecule has 110 valence electrons. The molecule has 0 bridgehead atoms. The number of hydrogen-bond acceptors (Lipinski definition) is 3. The summed E-state index contributed by atoms with van der Waals surface area (Å²) in [6, 6.07) is 20.6. The fraction of sp³-hybridized carbons (Fsp3) is 0.333. The second kappa shape index (κ2) is 5.88. The van der Waals surface area contributed by atoms with Crippen LogP contribution in [-0.2, 0) is 4.84 Å². The normalized spacial score (nSPS) is 25.2. The molecule has 3 heteroatoms. The molecule has 1 saturated heterocycles. The fourth-order valence-electron chi connectivity index (χ4n) is 2.89. The molecule has 1 aliphatic heterocycles. The molecule has 2 aromatic rings. The molecule has 0 aliphatic carbocycles. The number of nitrogens with zero attached hydrogens (tertiary/aromatic N) is 1. The Morgan fingerprint density at radius 2 is 1.71 bits per heavy atom. The van der Waals surface area contributed by atoms with Crippen molar-refractivity contribution in [1.29, 1.82) is 0 Å². The van der Waals surface area contributed by atoms with E-state index in [4.69, 9.17) is 4.84 Å². The molecule has 3 rings (SSSR count).